The number of hydrogen-bond acceptors (Lipinski definition) is 3. The fraction of sp³-hybridized carbons (Fsp3) is 0.529. The van der Waals surface area contributed by atoms with E-state index in [2.05, 4.69) is 48.6 Å². The van der Waals surface area contributed by atoms with Gasteiger partial charge in [0, 0.05) is 20.1 Å². The van der Waals surface area contributed by atoms with E-state index < -0.39 is 15.6 Å². The fourth-order valence-electron chi connectivity index (χ4n) is 1.71. The molecular weight excluding hydrogens is 533 g/mol. The monoisotopic (exact) mass is 558 g/mol. The Bertz CT molecular complexity index is 456. The number of alkyl halides is 3. The maximum absolute atomic E-state index is 10.7. The van der Waals surface area contributed by atoms with Crippen molar-refractivity contribution in [3.63, 3.8) is 0 Å². The fourth-order valence-corrected chi connectivity index (χ4v) is 1.71. The molecule has 25 heavy (non-hydrogen) atoms. The minimum Gasteiger partial charge on any atom is -0.741 e. The van der Waals surface area contributed by atoms with E-state index in [1.54, 1.807) is 0 Å². The molecule has 0 bridgehead atoms. The third-order valence-electron chi connectivity index (χ3n) is 2.95. The molecule has 0 atom stereocenters. The summed E-state index contributed by atoms with van der Waals surface area (Å²) in [5.74, 6) is 0. The molecule has 0 spiro atoms. The van der Waals surface area contributed by atoms with Crippen LogP contribution >= 0.6 is 0 Å². The van der Waals surface area contributed by atoms with Gasteiger partial charge in [-0.1, -0.05) is 48.6 Å². The van der Waals surface area contributed by atoms with Gasteiger partial charge in [-0.2, -0.15) is 13.2 Å². The van der Waals surface area contributed by atoms with Gasteiger partial charge in [-0.25, -0.2) is 8.42 Å². The largest absolute Gasteiger partial charge is 0.741 e. The summed E-state index contributed by atoms with van der Waals surface area (Å²) in [7, 11) is -6.09. The molecule has 147 valence electrons. The van der Waals surface area contributed by atoms with E-state index in [9.17, 15) is 13.2 Å². The van der Waals surface area contributed by atoms with Gasteiger partial charge in [-0.3, -0.25) is 0 Å². The van der Waals surface area contributed by atoms with Crippen molar-refractivity contribution >= 4 is 10.1 Å². The van der Waals surface area contributed by atoms with Crippen molar-refractivity contribution in [2.75, 3.05) is 0 Å². The Balaban J connectivity index is 0. The molecular formula is C17H24F3IrO3S-. The summed E-state index contributed by atoms with van der Waals surface area (Å²) in [4.78, 5) is 0. The maximum Gasteiger partial charge on any atom is 0.485 e. The summed E-state index contributed by atoms with van der Waals surface area (Å²) in [6.07, 6.45) is 28.0. The van der Waals surface area contributed by atoms with Crippen LogP contribution in [-0.2, 0) is 30.2 Å². The van der Waals surface area contributed by atoms with Gasteiger partial charge >= 0.3 is 5.51 Å². The molecule has 8 heteroatoms. The summed E-state index contributed by atoms with van der Waals surface area (Å²) in [6.45, 7) is 0. The van der Waals surface area contributed by atoms with Crippen molar-refractivity contribution in [1.29, 1.82) is 0 Å². The van der Waals surface area contributed by atoms with Crippen molar-refractivity contribution in [1.82, 2.24) is 0 Å². The number of hydrogen-bond donors (Lipinski definition) is 0. The average Bonchev–Trinajstić information content (AvgIpc) is 2.35. The molecule has 0 amide bonds. The molecule has 2 aliphatic carbocycles. The topological polar surface area (TPSA) is 57.2 Å². The molecule has 0 saturated heterocycles. The molecule has 0 N–H and O–H groups in total. The Morgan fingerprint density at radius 1 is 0.600 bits per heavy atom. The molecule has 3 nitrogen and oxygen atoms in total. The minimum absolute atomic E-state index is 0. The van der Waals surface area contributed by atoms with Crippen LogP contribution in [0.2, 0.25) is 0 Å². The molecule has 0 unspecified atom stereocenters. The predicted molar refractivity (Wildman–Crippen MR) is 89.2 cm³/mol. The molecule has 0 aromatic carbocycles. The number of halogens is 3. The SMILES string of the molecule is C1=C\CC/C=C\CC/1.C1=C\CC/C=C\CC/1.O=S(=O)([O-])C(F)(F)F.[Ir]. The standard InChI is InChI=1S/2C8H12.CHF3O3S.Ir/c2*1-2-4-6-8-7-5-3-1;2-1(3,4)8(5,6)7;/h2*1-2,7-8H,3-6H2;(H,5,6,7);/p-1/b2*2-1-,8-7-;;. The van der Waals surface area contributed by atoms with E-state index >= 15 is 0 Å². The van der Waals surface area contributed by atoms with E-state index in [1.165, 1.54) is 51.4 Å². The van der Waals surface area contributed by atoms with Gasteiger partial charge in [0.15, 0.2) is 10.1 Å². The molecule has 1 radical (unpaired) electrons. The first-order valence-electron chi connectivity index (χ1n) is 7.87. The predicted octanol–water partition coefficient (Wildman–Crippen LogP) is 5.39. The zero-order valence-electron chi connectivity index (χ0n) is 13.9. The Labute approximate surface area is 161 Å². The second kappa shape index (κ2) is 15.6. The molecule has 0 fully saturated rings. The van der Waals surface area contributed by atoms with Crippen LogP contribution in [0.4, 0.5) is 13.2 Å². The van der Waals surface area contributed by atoms with Crippen molar-refractivity contribution in [2.45, 2.75) is 56.9 Å². The van der Waals surface area contributed by atoms with E-state index in [-0.39, 0.29) is 20.1 Å². The molecule has 2 aliphatic rings. The van der Waals surface area contributed by atoms with E-state index in [0.29, 0.717) is 0 Å². The van der Waals surface area contributed by atoms with Crippen LogP contribution < -0.4 is 0 Å². The second-order valence-corrected chi connectivity index (χ2v) is 6.47. The van der Waals surface area contributed by atoms with Crippen LogP contribution in [0.3, 0.4) is 0 Å². The number of rotatable bonds is 0. The molecule has 0 heterocycles. The quantitative estimate of drug-likeness (QED) is 0.228. The van der Waals surface area contributed by atoms with Crippen LogP contribution in [-0.4, -0.2) is 18.5 Å². The van der Waals surface area contributed by atoms with E-state index in [1.807, 2.05) is 0 Å². The summed E-state index contributed by atoms with van der Waals surface area (Å²) in [6, 6.07) is 0. The van der Waals surface area contributed by atoms with Gasteiger partial charge < -0.3 is 4.55 Å². The first-order chi connectivity index (χ1) is 11.2. The summed E-state index contributed by atoms with van der Waals surface area (Å²) >= 11 is 0. The number of allylic oxidation sites excluding steroid dienone is 8. The third-order valence-corrected chi connectivity index (χ3v) is 3.52. The van der Waals surface area contributed by atoms with Gasteiger partial charge in [0.2, 0.25) is 0 Å². The Kier molecular flexibility index (Phi) is 16.5. The van der Waals surface area contributed by atoms with Gasteiger partial charge in [0.25, 0.3) is 0 Å². The van der Waals surface area contributed by atoms with Crippen LogP contribution in [0, 0.1) is 0 Å². The van der Waals surface area contributed by atoms with Crippen LogP contribution in [0.25, 0.3) is 0 Å². The Hall–Kier alpha value is -0.691. The summed E-state index contributed by atoms with van der Waals surface area (Å²) in [5.41, 5.74) is -5.65. The Morgan fingerprint density at radius 2 is 0.720 bits per heavy atom. The molecule has 2 rings (SSSR count). The average molecular weight is 558 g/mol. The summed E-state index contributed by atoms with van der Waals surface area (Å²) in [5, 5.41) is 0. The smallest absolute Gasteiger partial charge is 0.485 e. The normalized spacial score (nSPS) is 22.4. The van der Waals surface area contributed by atoms with Crippen LogP contribution in [0.5, 0.6) is 0 Å². The summed E-state index contributed by atoms with van der Waals surface area (Å²) < 4.78 is 58.9. The van der Waals surface area contributed by atoms with E-state index in [0.717, 1.165) is 0 Å². The van der Waals surface area contributed by atoms with Crippen molar-refractivity contribution in [2.24, 2.45) is 0 Å². The van der Waals surface area contributed by atoms with E-state index in [4.69, 9.17) is 13.0 Å². The third kappa shape index (κ3) is 17.9. The van der Waals surface area contributed by atoms with Gasteiger partial charge in [-0.05, 0) is 51.4 Å². The van der Waals surface area contributed by atoms with Crippen LogP contribution in [0.15, 0.2) is 48.6 Å². The molecule has 0 aromatic rings. The van der Waals surface area contributed by atoms with Crippen molar-refractivity contribution < 1.29 is 46.2 Å². The molecule has 0 saturated carbocycles. The van der Waals surface area contributed by atoms with Gasteiger partial charge in [-0.15, -0.1) is 0 Å². The molecule has 0 aliphatic heterocycles. The van der Waals surface area contributed by atoms with Crippen molar-refractivity contribution in [3.8, 4) is 0 Å². The van der Waals surface area contributed by atoms with Crippen molar-refractivity contribution in [3.05, 3.63) is 48.6 Å². The second-order valence-electron chi connectivity index (χ2n) is 5.09. The van der Waals surface area contributed by atoms with Gasteiger partial charge in [0.1, 0.15) is 0 Å². The maximum atomic E-state index is 10.7. The minimum atomic E-state index is -6.09. The zero-order valence-corrected chi connectivity index (χ0v) is 17.1. The molecule has 0 aromatic heterocycles. The van der Waals surface area contributed by atoms with Gasteiger partial charge in [0.05, 0.1) is 0 Å². The zero-order chi connectivity index (χ0) is 18.3. The first-order valence-corrected chi connectivity index (χ1v) is 9.28. The van der Waals surface area contributed by atoms with Crippen LogP contribution in [0.1, 0.15) is 51.4 Å². The Morgan fingerprint density at radius 3 is 0.800 bits per heavy atom. The first kappa shape index (κ1) is 26.5.